The molecule has 0 fully saturated rings. The molecular formula is AlCl3CuNi. The maximum atomic E-state index is 4.94. The van der Waals surface area contributed by atoms with Crippen LogP contribution in [0.5, 0.6) is 0 Å². The average Bonchev–Trinajstić information content (AvgIpc) is 0.811. The van der Waals surface area contributed by atoms with Gasteiger partial charge < -0.3 is 0 Å². The minimum absolute atomic E-state index is 0. The molecule has 0 N–H and O–H groups in total. The van der Waals surface area contributed by atoms with Gasteiger partial charge in [-0.05, 0) is 0 Å². The number of halogens is 3. The summed E-state index contributed by atoms with van der Waals surface area (Å²) in [6, 6.07) is 0. The van der Waals surface area contributed by atoms with E-state index in [1.54, 1.807) is 0 Å². The predicted molar refractivity (Wildman–Crippen MR) is 23.3 cm³/mol. The Morgan fingerprint density at radius 1 is 1.00 bits per heavy atom. The van der Waals surface area contributed by atoms with Crippen LogP contribution in [-0.4, -0.2) is 11.4 Å². The Labute approximate surface area is 74.3 Å². The van der Waals surface area contributed by atoms with Crippen molar-refractivity contribution in [2.45, 2.75) is 0 Å². The summed E-state index contributed by atoms with van der Waals surface area (Å²) >= 11 is -1.72. The molecule has 0 atom stereocenters. The molecule has 0 unspecified atom stereocenters. The van der Waals surface area contributed by atoms with E-state index in [1.165, 1.54) is 0 Å². The molecule has 0 aromatic carbocycles. The molecule has 0 nitrogen and oxygen atoms in total. The van der Waals surface area contributed by atoms with Gasteiger partial charge in [-0.2, -0.15) is 0 Å². The third-order valence-corrected chi connectivity index (χ3v) is 0. The molecule has 0 aromatic heterocycles. The van der Waals surface area contributed by atoms with Crippen molar-refractivity contribution in [3.05, 3.63) is 0 Å². The first kappa shape index (κ1) is 15.8. The van der Waals surface area contributed by atoms with Crippen molar-refractivity contribution < 1.29 is 33.6 Å². The second kappa shape index (κ2) is 10.4. The third-order valence-electron chi connectivity index (χ3n) is 0. The summed E-state index contributed by atoms with van der Waals surface area (Å²) in [6.07, 6.45) is 0. The molecule has 0 aliphatic rings. The quantitative estimate of drug-likeness (QED) is 0.578. The fraction of sp³-hybridized carbons (Fsp3) is 0. The van der Waals surface area contributed by atoms with Gasteiger partial charge in [0.05, 0.1) is 0 Å². The van der Waals surface area contributed by atoms with Crippen LogP contribution in [0.25, 0.3) is 0 Å². The Morgan fingerprint density at radius 3 is 1.00 bits per heavy atom. The van der Waals surface area contributed by atoms with Crippen molar-refractivity contribution in [1.29, 1.82) is 0 Å². The SMILES string of the molecule is [Cl][Al]([Cl])[Cl].[Cu].[Ni]. The largest absolute Gasteiger partial charge is 0.643 e. The monoisotopic (exact) mass is 253 g/mol. The van der Waals surface area contributed by atoms with E-state index in [2.05, 4.69) is 0 Å². The van der Waals surface area contributed by atoms with Crippen molar-refractivity contribution in [1.82, 2.24) is 0 Å². The second-order valence-corrected chi connectivity index (χ2v) is 6.68. The van der Waals surface area contributed by atoms with Crippen LogP contribution < -0.4 is 0 Å². The van der Waals surface area contributed by atoms with Crippen molar-refractivity contribution in [3.8, 4) is 0 Å². The van der Waals surface area contributed by atoms with E-state index in [1.807, 2.05) is 0 Å². The normalized spacial score (nSPS) is 4.50. The van der Waals surface area contributed by atoms with Crippen LogP contribution in [0.4, 0.5) is 0 Å². The fourth-order valence-electron chi connectivity index (χ4n) is 0. The van der Waals surface area contributed by atoms with Crippen LogP contribution in [-0.2, 0) is 33.6 Å². The van der Waals surface area contributed by atoms with Crippen molar-refractivity contribution in [2.75, 3.05) is 0 Å². The van der Waals surface area contributed by atoms with Crippen LogP contribution in [0.15, 0.2) is 0 Å². The van der Waals surface area contributed by atoms with Crippen LogP contribution in [0.1, 0.15) is 0 Å². The molecule has 0 amide bonds. The zero-order valence-corrected chi connectivity index (χ0v) is 7.68. The molecule has 45 valence electrons. The fourth-order valence-corrected chi connectivity index (χ4v) is 0. The first-order valence-electron chi connectivity index (χ1n) is 0.655. The van der Waals surface area contributed by atoms with Gasteiger partial charge in [0.25, 0.3) is 0 Å². The van der Waals surface area contributed by atoms with Crippen LogP contribution in [0.2, 0.25) is 0 Å². The Bertz CT molecular complexity index is 15.5. The first-order valence-corrected chi connectivity index (χ1v) is 5.89. The maximum absolute atomic E-state index is 4.94. The van der Waals surface area contributed by atoms with E-state index >= 15 is 0 Å². The first-order chi connectivity index (χ1) is 1.73. The van der Waals surface area contributed by atoms with Gasteiger partial charge in [-0.1, -0.05) is 0 Å². The van der Waals surface area contributed by atoms with Gasteiger partial charge in [0.15, 0.2) is 0 Å². The van der Waals surface area contributed by atoms with Gasteiger partial charge in [-0.25, -0.2) is 30.1 Å². The molecule has 0 spiro atoms. The van der Waals surface area contributed by atoms with E-state index in [0.717, 1.165) is 0 Å². The number of hydrogen-bond donors (Lipinski definition) is 0. The smallest absolute Gasteiger partial charge is 0.214 e. The molecule has 6 heteroatoms. The predicted octanol–water partition coefficient (Wildman–Crippen LogP) is 1.68. The molecule has 1 radical (unpaired) electrons. The molecule has 0 aliphatic carbocycles. The van der Waals surface area contributed by atoms with Crippen molar-refractivity contribution in [2.24, 2.45) is 0 Å². The van der Waals surface area contributed by atoms with E-state index in [4.69, 9.17) is 30.1 Å². The molecule has 0 aliphatic heterocycles. The van der Waals surface area contributed by atoms with Crippen molar-refractivity contribution >= 4 is 41.5 Å². The average molecular weight is 256 g/mol. The summed E-state index contributed by atoms with van der Waals surface area (Å²) in [4.78, 5) is 0. The Morgan fingerprint density at radius 2 is 1.00 bits per heavy atom. The minimum Gasteiger partial charge on any atom is -0.214 e. The summed E-state index contributed by atoms with van der Waals surface area (Å²) in [5, 5.41) is 0. The Kier molecular flexibility index (Phi) is 27.4. The van der Waals surface area contributed by atoms with Gasteiger partial charge >= 0.3 is 11.4 Å². The van der Waals surface area contributed by atoms with Gasteiger partial charge in [-0.15, -0.1) is 0 Å². The van der Waals surface area contributed by atoms with E-state index in [9.17, 15) is 0 Å². The van der Waals surface area contributed by atoms with E-state index < -0.39 is 11.4 Å². The Balaban J connectivity index is -0.0000000450. The molecule has 0 saturated carbocycles. The number of rotatable bonds is 0. The maximum Gasteiger partial charge on any atom is 0.643 e. The molecule has 0 heterocycles. The van der Waals surface area contributed by atoms with Gasteiger partial charge in [-0.3, -0.25) is 0 Å². The van der Waals surface area contributed by atoms with E-state index in [-0.39, 0.29) is 33.6 Å². The third kappa shape index (κ3) is 32.2. The minimum atomic E-state index is -1.72. The topological polar surface area (TPSA) is 0 Å². The zero-order valence-electron chi connectivity index (χ0n) is 2.33. The molecular weight excluding hydrogens is 256 g/mol. The van der Waals surface area contributed by atoms with Gasteiger partial charge in [0.2, 0.25) is 0 Å². The molecule has 0 bridgehead atoms. The molecule has 6 heavy (non-hydrogen) atoms. The summed E-state index contributed by atoms with van der Waals surface area (Å²) in [5.74, 6) is 0. The second-order valence-electron chi connectivity index (χ2n) is 0.247. The molecule has 0 rings (SSSR count). The summed E-state index contributed by atoms with van der Waals surface area (Å²) in [5.41, 5.74) is 0. The van der Waals surface area contributed by atoms with Crippen molar-refractivity contribution in [3.63, 3.8) is 0 Å². The van der Waals surface area contributed by atoms with Crippen LogP contribution >= 0.6 is 30.1 Å². The summed E-state index contributed by atoms with van der Waals surface area (Å²) in [7, 11) is 14.8. The zero-order chi connectivity index (χ0) is 3.58. The van der Waals surface area contributed by atoms with Gasteiger partial charge in [0, 0.05) is 33.6 Å². The molecule has 0 saturated heterocycles. The standard InChI is InChI=1S/Al.3ClH.Cu.Ni/h;3*1H;;/q+3;;;;;/p-3. The number of hydrogen-bond acceptors (Lipinski definition) is 0. The Hall–Kier alpha value is 2.42. The van der Waals surface area contributed by atoms with E-state index in [0.29, 0.717) is 0 Å². The van der Waals surface area contributed by atoms with Gasteiger partial charge in [0.1, 0.15) is 0 Å². The van der Waals surface area contributed by atoms with Crippen LogP contribution in [0.3, 0.4) is 0 Å². The summed E-state index contributed by atoms with van der Waals surface area (Å²) < 4.78 is 0. The summed E-state index contributed by atoms with van der Waals surface area (Å²) in [6.45, 7) is 0. The van der Waals surface area contributed by atoms with Crippen LogP contribution in [0, 0.1) is 0 Å². The molecule has 0 aromatic rings.